The van der Waals surface area contributed by atoms with Gasteiger partial charge in [0.25, 0.3) is 0 Å². The highest BCUT2D eigenvalue weighted by atomic mass is 32.2. The molecule has 1 aromatic heterocycles. The number of nitrogens with zero attached hydrogens (tertiary/aromatic N) is 1. The van der Waals surface area contributed by atoms with E-state index >= 15 is 0 Å². The average Bonchev–Trinajstić information content (AvgIpc) is 3.61. The lowest BCUT2D eigenvalue weighted by Gasteiger charge is -2.47. The fraction of sp³-hybridized carbons (Fsp3) is 0.407. The van der Waals surface area contributed by atoms with Crippen molar-refractivity contribution < 1.29 is 22.7 Å². The number of hydrogen-bond donors (Lipinski definition) is 3. The van der Waals surface area contributed by atoms with Crippen molar-refractivity contribution >= 4 is 27.6 Å². The van der Waals surface area contributed by atoms with Gasteiger partial charge in [-0.25, -0.2) is 17.5 Å². The third kappa shape index (κ3) is 3.55. The van der Waals surface area contributed by atoms with E-state index in [1.165, 1.54) is 13.8 Å². The van der Waals surface area contributed by atoms with Crippen molar-refractivity contribution in [2.45, 2.75) is 55.6 Å². The monoisotopic (exact) mass is 509 g/mol. The molecule has 1 aliphatic heterocycles. The maximum Gasteiger partial charge on any atom is 0.309 e. The lowest BCUT2D eigenvalue weighted by atomic mass is 9.68. The van der Waals surface area contributed by atoms with Gasteiger partial charge in [-0.2, -0.15) is 0 Å². The number of carbonyl (C=O) groups is 1. The Morgan fingerprint density at radius 2 is 2.08 bits per heavy atom. The standard InChI is InChI=1S/C27H28FN3O4S/c1-26(2,28)14-30-36(34,35)24-20-13-16(15-5-6-15)7-9-19(20)22-23-17(4-3-11-29-23)12-18-8-10-21(25(32)33)27(18,22)31-24/h3-4,7-9,11-13,15,21,24,30-31H,5-6,10,14H2,1-2H3,(H,32,33). The van der Waals surface area contributed by atoms with Crippen molar-refractivity contribution in [2.24, 2.45) is 5.92 Å². The molecule has 1 spiro atoms. The van der Waals surface area contributed by atoms with E-state index in [1.807, 2.05) is 42.5 Å². The lowest BCUT2D eigenvalue weighted by Crippen LogP contribution is -2.63. The fourth-order valence-electron chi connectivity index (χ4n) is 5.84. The molecule has 0 amide bonds. The Bertz CT molecular complexity index is 1560. The summed E-state index contributed by atoms with van der Waals surface area (Å²) in [6.45, 7) is 2.23. The predicted molar refractivity (Wildman–Crippen MR) is 133 cm³/mol. The molecule has 7 nitrogen and oxygen atoms in total. The molecular weight excluding hydrogens is 481 g/mol. The summed E-state index contributed by atoms with van der Waals surface area (Å²) in [5.74, 6) is -1.57. The topological polar surface area (TPSA) is 108 Å². The molecule has 1 aromatic carbocycles. The number of alkyl halides is 1. The number of hydrogen-bond acceptors (Lipinski definition) is 5. The molecule has 6 rings (SSSR count). The van der Waals surface area contributed by atoms with Crippen molar-refractivity contribution in [3.05, 3.63) is 75.4 Å². The SMILES string of the molecule is CC(C)(F)CNS(=O)(=O)C1NC23C(=CCC2C(=O)O)C=c2cccnc2=C3c2ccc(C3CC3)cc21. The second kappa shape index (κ2) is 7.81. The number of aromatic nitrogens is 1. The van der Waals surface area contributed by atoms with Crippen LogP contribution in [-0.2, 0) is 14.8 Å². The van der Waals surface area contributed by atoms with Gasteiger partial charge in [-0.1, -0.05) is 30.3 Å². The number of allylic oxidation sites excluding steroid dienone is 1. The summed E-state index contributed by atoms with van der Waals surface area (Å²) in [5, 5.41) is 13.8. The predicted octanol–water partition coefficient (Wildman–Crippen LogP) is 1.99. The zero-order valence-electron chi connectivity index (χ0n) is 20.1. The number of sulfonamides is 1. The van der Waals surface area contributed by atoms with E-state index in [4.69, 9.17) is 0 Å². The van der Waals surface area contributed by atoms with Crippen LogP contribution in [0.4, 0.5) is 4.39 Å². The van der Waals surface area contributed by atoms with Crippen LogP contribution in [0, 0.1) is 5.92 Å². The molecule has 1 fully saturated rings. The quantitative estimate of drug-likeness (QED) is 0.550. The van der Waals surface area contributed by atoms with Gasteiger partial charge in [0.15, 0.2) is 5.37 Å². The number of halogens is 1. The zero-order valence-corrected chi connectivity index (χ0v) is 20.9. The normalized spacial score (nSPS) is 26.8. The summed E-state index contributed by atoms with van der Waals surface area (Å²) in [7, 11) is -4.14. The third-order valence-corrected chi connectivity index (χ3v) is 9.21. The summed E-state index contributed by atoms with van der Waals surface area (Å²) in [4.78, 5) is 17.2. The summed E-state index contributed by atoms with van der Waals surface area (Å²) in [6.07, 6.45) is 7.77. The first-order valence-electron chi connectivity index (χ1n) is 12.2. The molecule has 36 heavy (non-hydrogen) atoms. The number of pyridine rings is 1. The van der Waals surface area contributed by atoms with Gasteiger partial charge in [-0.15, -0.1) is 0 Å². The average molecular weight is 510 g/mol. The smallest absolute Gasteiger partial charge is 0.309 e. The summed E-state index contributed by atoms with van der Waals surface area (Å²) in [6, 6.07) is 9.61. The largest absolute Gasteiger partial charge is 0.481 e. The Kier molecular flexibility index (Phi) is 5.10. The first kappa shape index (κ1) is 23.5. The van der Waals surface area contributed by atoms with E-state index in [-0.39, 0.29) is 6.42 Å². The van der Waals surface area contributed by atoms with Crippen LogP contribution in [-0.4, -0.2) is 42.2 Å². The molecule has 188 valence electrons. The van der Waals surface area contributed by atoms with Gasteiger partial charge in [-0.05, 0) is 73.4 Å². The summed E-state index contributed by atoms with van der Waals surface area (Å²) < 4.78 is 44.2. The minimum atomic E-state index is -4.14. The highest BCUT2D eigenvalue weighted by molar-refractivity contribution is 7.89. The second-order valence-corrected chi connectivity index (χ2v) is 12.6. The van der Waals surface area contributed by atoms with E-state index in [1.54, 1.807) is 6.20 Å². The van der Waals surface area contributed by atoms with Gasteiger partial charge < -0.3 is 5.11 Å². The first-order chi connectivity index (χ1) is 17.0. The maximum absolute atomic E-state index is 14.3. The van der Waals surface area contributed by atoms with E-state index in [2.05, 4.69) is 15.0 Å². The van der Waals surface area contributed by atoms with E-state index in [0.717, 1.165) is 23.6 Å². The number of benzene rings is 1. The van der Waals surface area contributed by atoms with Gasteiger partial charge >= 0.3 is 5.97 Å². The Labute approximate surface area is 208 Å². The van der Waals surface area contributed by atoms with Crippen LogP contribution in [0.5, 0.6) is 0 Å². The molecule has 3 N–H and O–H groups in total. The molecule has 2 aromatic rings. The molecule has 3 aliphatic carbocycles. The Hall–Kier alpha value is -2.88. The maximum atomic E-state index is 14.3. The number of aliphatic carboxylic acids is 1. The molecular formula is C27H28FN3O4S. The van der Waals surface area contributed by atoms with Crippen LogP contribution in [0.25, 0.3) is 11.6 Å². The highest BCUT2D eigenvalue weighted by Crippen LogP contribution is 2.53. The Balaban J connectivity index is 1.65. The van der Waals surface area contributed by atoms with Crippen molar-refractivity contribution in [3.63, 3.8) is 0 Å². The Morgan fingerprint density at radius 1 is 1.31 bits per heavy atom. The lowest BCUT2D eigenvalue weighted by molar-refractivity contribution is -0.142. The van der Waals surface area contributed by atoms with E-state index in [0.29, 0.717) is 33.5 Å². The van der Waals surface area contributed by atoms with Crippen molar-refractivity contribution in [2.75, 3.05) is 6.54 Å². The zero-order chi connectivity index (χ0) is 25.5. The molecule has 2 heterocycles. The van der Waals surface area contributed by atoms with Crippen LogP contribution >= 0.6 is 0 Å². The van der Waals surface area contributed by atoms with Crippen LogP contribution in [0.3, 0.4) is 0 Å². The molecule has 1 saturated carbocycles. The molecule has 0 radical (unpaired) electrons. The number of carboxylic acid groups (broad SMARTS) is 1. The number of fused-ring (bicyclic) bond motifs is 3. The number of rotatable bonds is 6. The van der Waals surface area contributed by atoms with Gasteiger partial charge in [0, 0.05) is 23.5 Å². The number of carboxylic acids is 1. The van der Waals surface area contributed by atoms with Crippen LogP contribution < -0.4 is 20.6 Å². The Morgan fingerprint density at radius 3 is 2.78 bits per heavy atom. The molecule has 0 saturated heterocycles. The first-order valence-corrected chi connectivity index (χ1v) is 13.8. The number of nitrogens with one attached hydrogen (secondary N) is 2. The molecule has 3 unspecified atom stereocenters. The second-order valence-electron chi connectivity index (χ2n) is 10.8. The molecule has 3 atom stereocenters. The van der Waals surface area contributed by atoms with Gasteiger partial charge in [-0.3, -0.25) is 15.1 Å². The molecule has 4 aliphatic rings. The van der Waals surface area contributed by atoms with Crippen molar-refractivity contribution in [1.29, 1.82) is 0 Å². The van der Waals surface area contributed by atoms with Crippen LogP contribution in [0.1, 0.15) is 61.1 Å². The van der Waals surface area contributed by atoms with E-state index < -0.39 is 45.0 Å². The minimum Gasteiger partial charge on any atom is -0.481 e. The fourth-order valence-corrected chi connectivity index (χ4v) is 7.42. The molecule has 9 heteroatoms. The summed E-state index contributed by atoms with van der Waals surface area (Å²) in [5.41, 5.74) is 0.627. The van der Waals surface area contributed by atoms with Crippen LogP contribution in [0.15, 0.2) is 48.2 Å². The van der Waals surface area contributed by atoms with Crippen LogP contribution in [0.2, 0.25) is 0 Å². The van der Waals surface area contributed by atoms with Crippen molar-refractivity contribution in [3.8, 4) is 0 Å². The van der Waals surface area contributed by atoms with E-state index in [9.17, 15) is 22.7 Å². The summed E-state index contributed by atoms with van der Waals surface area (Å²) >= 11 is 0. The third-order valence-electron chi connectivity index (χ3n) is 7.67. The van der Waals surface area contributed by atoms with Gasteiger partial charge in [0.2, 0.25) is 10.0 Å². The molecule has 0 bridgehead atoms. The van der Waals surface area contributed by atoms with Gasteiger partial charge in [0.05, 0.1) is 16.8 Å². The van der Waals surface area contributed by atoms with Crippen molar-refractivity contribution in [1.82, 2.24) is 15.0 Å². The highest BCUT2D eigenvalue weighted by Gasteiger charge is 2.58. The van der Waals surface area contributed by atoms with Gasteiger partial charge in [0.1, 0.15) is 5.67 Å². The minimum absolute atomic E-state index is 0.249.